The Labute approximate surface area is 163 Å². The van der Waals surface area contributed by atoms with E-state index >= 15 is 0 Å². The van der Waals surface area contributed by atoms with Crippen LogP contribution in [0.4, 0.5) is 20.2 Å². The van der Waals surface area contributed by atoms with Gasteiger partial charge in [0.25, 0.3) is 11.6 Å². The number of ether oxygens (including phenoxy) is 3. The Balaban J connectivity index is 2.04. The molecule has 0 unspecified atom stereocenters. The normalized spacial score (nSPS) is 11.5. The second-order valence-electron chi connectivity index (χ2n) is 5.58. The average molecular weight is 410 g/mol. The van der Waals surface area contributed by atoms with Crippen molar-refractivity contribution in [2.75, 3.05) is 12.4 Å². The van der Waals surface area contributed by atoms with Crippen molar-refractivity contribution in [3.63, 3.8) is 0 Å². The molecule has 0 aliphatic heterocycles. The van der Waals surface area contributed by atoms with Crippen LogP contribution in [-0.4, -0.2) is 36.6 Å². The molecule has 154 valence electrons. The Bertz CT molecular complexity index is 904. The van der Waals surface area contributed by atoms with Gasteiger partial charge < -0.3 is 19.5 Å². The fourth-order valence-electron chi connectivity index (χ4n) is 2.20. The van der Waals surface area contributed by atoms with Crippen LogP contribution in [0, 0.1) is 10.1 Å². The van der Waals surface area contributed by atoms with Crippen molar-refractivity contribution in [2.45, 2.75) is 19.6 Å². The average Bonchev–Trinajstić information content (AvgIpc) is 2.67. The molecule has 0 aromatic heterocycles. The molecule has 0 saturated carbocycles. The van der Waals surface area contributed by atoms with Gasteiger partial charge in [-0.15, -0.1) is 0 Å². The summed E-state index contributed by atoms with van der Waals surface area (Å²) in [6.45, 7) is -1.70. The number of rotatable bonds is 8. The molecule has 1 amide bonds. The first kappa shape index (κ1) is 21.5. The minimum absolute atomic E-state index is 0.0131. The highest BCUT2D eigenvalue weighted by Gasteiger charge is 2.21. The Morgan fingerprint density at radius 2 is 1.79 bits per heavy atom. The van der Waals surface area contributed by atoms with Crippen molar-refractivity contribution in [1.82, 2.24) is 0 Å². The SMILES string of the molecule is COc1ccc([N+](=O)[O-])cc1NC(=O)[C@H](C)OC(=O)c1ccc(OC(F)F)cc1. The number of carbonyl (C=O) groups excluding carboxylic acids is 2. The third-order valence-electron chi connectivity index (χ3n) is 3.62. The van der Waals surface area contributed by atoms with Crippen molar-refractivity contribution in [2.24, 2.45) is 0 Å². The van der Waals surface area contributed by atoms with E-state index in [2.05, 4.69) is 10.1 Å². The maximum atomic E-state index is 12.3. The zero-order valence-electron chi connectivity index (χ0n) is 15.3. The van der Waals surface area contributed by atoms with Crippen LogP contribution in [0.15, 0.2) is 42.5 Å². The van der Waals surface area contributed by atoms with Crippen LogP contribution in [0.1, 0.15) is 17.3 Å². The number of nitro groups is 1. The summed E-state index contributed by atoms with van der Waals surface area (Å²) in [6, 6.07) is 8.34. The second kappa shape index (κ2) is 9.44. The molecule has 0 heterocycles. The molecule has 0 bridgehead atoms. The van der Waals surface area contributed by atoms with Gasteiger partial charge in [-0.2, -0.15) is 8.78 Å². The van der Waals surface area contributed by atoms with Crippen molar-refractivity contribution >= 4 is 23.3 Å². The fraction of sp³-hybridized carbons (Fsp3) is 0.222. The summed E-state index contributed by atoms with van der Waals surface area (Å²) < 4.78 is 38.5. The Hall–Kier alpha value is -3.76. The highest BCUT2D eigenvalue weighted by atomic mass is 19.3. The predicted octanol–water partition coefficient (Wildman–Crippen LogP) is 3.39. The van der Waals surface area contributed by atoms with Crippen LogP contribution in [0.2, 0.25) is 0 Å². The quantitative estimate of drug-likeness (QED) is 0.403. The highest BCUT2D eigenvalue weighted by molar-refractivity contribution is 5.98. The summed E-state index contributed by atoms with van der Waals surface area (Å²) in [7, 11) is 1.32. The number of benzene rings is 2. The summed E-state index contributed by atoms with van der Waals surface area (Å²) in [4.78, 5) is 34.6. The van der Waals surface area contributed by atoms with Crippen LogP contribution in [0.3, 0.4) is 0 Å². The van der Waals surface area contributed by atoms with Crippen molar-refractivity contribution in [3.8, 4) is 11.5 Å². The third kappa shape index (κ3) is 5.86. The molecule has 2 aromatic carbocycles. The molecule has 1 N–H and O–H groups in total. The monoisotopic (exact) mass is 410 g/mol. The van der Waals surface area contributed by atoms with Crippen molar-refractivity contribution in [3.05, 3.63) is 58.1 Å². The molecule has 9 nitrogen and oxygen atoms in total. The second-order valence-corrected chi connectivity index (χ2v) is 5.58. The first-order chi connectivity index (χ1) is 13.7. The summed E-state index contributed by atoms with van der Waals surface area (Å²) >= 11 is 0. The molecule has 0 fully saturated rings. The number of nitrogens with one attached hydrogen (secondary N) is 1. The van der Waals surface area contributed by atoms with Crippen LogP contribution in [0.25, 0.3) is 0 Å². The summed E-state index contributed by atoms with van der Waals surface area (Å²) in [6.07, 6.45) is -1.26. The molecule has 1 atom stereocenters. The van der Waals surface area contributed by atoms with E-state index in [1.165, 1.54) is 38.3 Å². The van der Waals surface area contributed by atoms with Crippen LogP contribution >= 0.6 is 0 Å². The molecule has 0 radical (unpaired) electrons. The molecule has 0 aliphatic carbocycles. The number of nitrogens with zero attached hydrogens (tertiary/aromatic N) is 1. The van der Waals surface area contributed by atoms with E-state index in [0.717, 1.165) is 18.2 Å². The number of hydrogen-bond donors (Lipinski definition) is 1. The van der Waals surface area contributed by atoms with E-state index in [4.69, 9.17) is 9.47 Å². The number of methoxy groups -OCH3 is 1. The largest absolute Gasteiger partial charge is 0.495 e. The standard InChI is InChI=1S/C18H16F2N2O7/c1-10(28-17(24)11-3-6-13(7-4-11)29-18(19)20)16(23)21-14-9-12(22(25)26)5-8-15(14)27-2/h3-10,18H,1-2H3,(H,21,23)/t10-/m0/s1. The zero-order chi connectivity index (χ0) is 21.6. The molecule has 0 spiro atoms. The van der Waals surface area contributed by atoms with E-state index in [0.29, 0.717) is 0 Å². The number of halogens is 2. The van der Waals surface area contributed by atoms with E-state index in [9.17, 15) is 28.5 Å². The molecule has 29 heavy (non-hydrogen) atoms. The molecule has 0 saturated heterocycles. The van der Waals surface area contributed by atoms with Gasteiger partial charge in [-0.1, -0.05) is 0 Å². The number of anilines is 1. The van der Waals surface area contributed by atoms with Gasteiger partial charge in [-0.05, 0) is 37.3 Å². The maximum Gasteiger partial charge on any atom is 0.387 e. The van der Waals surface area contributed by atoms with E-state index in [1.807, 2.05) is 0 Å². The van der Waals surface area contributed by atoms with Crippen molar-refractivity contribution < 1.29 is 37.5 Å². The number of amides is 1. The van der Waals surface area contributed by atoms with Gasteiger partial charge in [-0.3, -0.25) is 14.9 Å². The lowest BCUT2D eigenvalue weighted by atomic mass is 10.2. The third-order valence-corrected chi connectivity index (χ3v) is 3.62. The van der Waals surface area contributed by atoms with Gasteiger partial charge in [0, 0.05) is 12.1 Å². The van der Waals surface area contributed by atoms with Crippen LogP contribution < -0.4 is 14.8 Å². The lowest BCUT2D eigenvalue weighted by Gasteiger charge is -2.15. The minimum atomic E-state index is -3.00. The molecule has 2 rings (SSSR count). The molecule has 11 heteroatoms. The smallest absolute Gasteiger partial charge is 0.387 e. The lowest BCUT2D eigenvalue weighted by molar-refractivity contribution is -0.384. The van der Waals surface area contributed by atoms with Crippen molar-refractivity contribution in [1.29, 1.82) is 0 Å². The van der Waals surface area contributed by atoms with Gasteiger partial charge in [0.1, 0.15) is 11.5 Å². The Morgan fingerprint density at radius 3 is 2.34 bits per heavy atom. The number of alkyl halides is 2. The van der Waals surface area contributed by atoms with Crippen LogP contribution in [-0.2, 0) is 9.53 Å². The first-order valence-corrected chi connectivity index (χ1v) is 8.10. The Kier molecular flexibility index (Phi) is 7.01. The van der Waals surface area contributed by atoms with Gasteiger partial charge in [0.05, 0.1) is 23.3 Å². The maximum absolute atomic E-state index is 12.3. The summed E-state index contributed by atoms with van der Waals surface area (Å²) in [5.74, 6) is -1.59. The number of esters is 1. The highest BCUT2D eigenvalue weighted by Crippen LogP contribution is 2.29. The topological polar surface area (TPSA) is 117 Å². The Morgan fingerprint density at radius 1 is 1.14 bits per heavy atom. The van der Waals surface area contributed by atoms with E-state index < -0.39 is 29.5 Å². The van der Waals surface area contributed by atoms with Gasteiger partial charge in [0.15, 0.2) is 6.10 Å². The molecule has 2 aromatic rings. The molecular formula is C18H16F2N2O7. The first-order valence-electron chi connectivity index (χ1n) is 8.10. The summed E-state index contributed by atoms with van der Waals surface area (Å²) in [5, 5.41) is 13.3. The van der Waals surface area contributed by atoms with Gasteiger partial charge >= 0.3 is 12.6 Å². The summed E-state index contributed by atoms with van der Waals surface area (Å²) in [5.41, 5.74) is -0.223. The van der Waals surface area contributed by atoms with Gasteiger partial charge in [0.2, 0.25) is 0 Å². The van der Waals surface area contributed by atoms with Crippen LogP contribution in [0.5, 0.6) is 11.5 Å². The fourth-order valence-corrected chi connectivity index (χ4v) is 2.20. The van der Waals surface area contributed by atoms with Gasteiger partial charge in [-0.25, -0.2) is 4.79 Å². The van der Waals surface area contributed by atoms with E-state index in [-0.39, 0.29) is 28.4 Å². The number of hydrogen-bond acceptors (Lipinski definition) is 7. The molecule has 0 aliphatic rings. The minimum Gasteiger partial charge on any atom is -0.495 e. The van der Waals surface area contributed by atoms with E-state index in [1.54, 1.807) is 0 Å². The lowest BCUT2D eigenvalue weighted by Crippen LogP contribution is -2.30. The number of non-ortho nitro benzene ring substituents is 1. The zero-order valence-corrected chi connectivity index (χ0v) is 15.3. The number of carbonyl (C=O) groups is 2. The molecular weight excluding hydrogens is 394 g/mol. The number of nitro benzene ring substituents is 1. The predicted molar refractivity (Wildman–Crippen MR) is 96.2 cm³/mol.